The van der Waals surface area contributed by atoms with Crippen LogP contribution in [-0.4, -0.2) is 42.2 Å². The van der Waals surface area contributed by atoms with Crippen molar-refractivity contribution in [2.45, 2.75) is 38.6 Å². The van der Waals surface area contributed by atoms with Crippen molar-refractivity contribution in [1.29, 1.82) is 0 Å². The molecule has 0 saturated carbocycles. The fourth-order valence-corrected chi connectivity index (χ4v) is 3.75. The van der Waals surface area contributed by atoms with E-state index in [1.165, 1.54) is 17.8 Å². The molecule has 1 N–H and O–H groups in total. The maximum absolute atomic E-state index is 13.8. The van der Waals surface area contributed by atoms with Crippen molar-refractivity contribution in [3.8, 4) is 5.75 Å². The molecule has 2 aromatic rings. The summed E-state index contributed by atoms with van der Waals surface area (Å²) in [4.78, 5) is 27.0. The van der Waals surface area contributed by atoms with Crippen LogP contribution in [-0.2, 0) is 21.9 Å². The Morgan fingerprint density at radius 1 is 1.17 bits per heavy atom. The monoisotopic (exact) mass is 432 g/mol. The van der Waals surface area contributed by atoms with Crippen LogP contribution in [0.5, 0.6) is 5.75 Å². The number of amides is 2. The first-order chi connectivity index (χ1) is 14.5. The van der Waals surface area contributed by atoms with Gasteiger partial charge in [0, 0.05) is 18.8 Å². The molecule has 2 rings (SSSR count). The van der Waals surface area contributed by atoms with E-state index in [1.54, 1.807) is 37.1 Å². The number of carbonyl (C=O) groups excluding carboxylic acids is 2. The zero-order valence-electron chi connectivity index (χ0n) is 17.7. The lowest BCUT2D eigenvalue weighted by Gasteiger charge is -2.28. The third-order valence-electron chi connectivity index (χ3n) is 4.67. The number of benzene rings is 2. The zero-order chi connectivity index (χ0) is 21.9. The van der Waals surface area contributed by atoms with E-state index in [1.807, 2.05) is 31.2 Å². The molecule has 5 nitrogen and oxygen atoms in total. The molecule has 2 aromatic carbocycles. The summed E-state index contributed by atoms with van der Waals surface area (Å²) in [5.41, 5.74) is 1.46. The molecule has 1 atom stereocenters. The Morgan fingerprint density at radius 3 is 2.50 bits per heavy atom. The maximum Gasteiger partial charge on any atom is 0.242 e. The highest BCUT2D eigenvalue weighted by atomic mass is 32.2. The summed E-state index contributed by atoms with van der Waals surface area (Å²) in [6.45, 7) is 4.58. The molecule has 0 unspecified atom stereocenters. The molecule has 0 bridgehead atoms. The van der Waals surface area contributed by atoms with Crippen LogP contribution in [0.25, 0.3) is 0 Å². The molecular formula is C23H29FN2O3S. The van der Waals surface area contributed by atoms with Crippen molar-refractivity contribution in [2.75, 3.05) is 19.4 Å². The molecule has 7 heteroatoms. The summed E-state index contributed by atoms with van der Waals surface area (Å²) < 4.78 is 19.0. The summed E-state index contributed by atoms with van der Waals surface area (Å²) >= 11 is 1.34. The number of hydrogen-bond donors (Lipinski definition) is 1. The molecule has 0 fully saturated rings. The maximum atomic E-state index is 13.8. The van der Waals surface area contributed by atoms with Gasteiger partial charge in [-0.15, -0.1) is 11.8 Å². The number of carbonyl (C=O) groups is 2. The SMILES string of the molecule is CCCNC(=O)[C@@H](C)N(Cc1ccc(OC)cc1)C(=O)CSCc1ccccc1F. The number of rotatable bonds is 11. The topological polar surface area (TPSA) is 58.6 Å². The summed E-state index contributed by atoms with van der Waals surface area (Å²) in [6, 6.07) is 13.3. The van der Waals surface area contributed by atoms with E-state index in [-0.39, 0.29) is 23.4 Å². The number of methoxy groups -OCH3 is 1. The highest BCUT2D eigenvalue weighted by molar-refractivity contribution is 7.99. The van der Waals surface area contributed by atoms with Gasteiger partial charge in [0.15, 0.2) is 0 Å². The van der Waals surface area contributed by atoms with Crippen molar-refractivity contribution in [1.82, 2.24) is 10.2 Å². The second-order valence-electron chi connectivity index (χ2n) is 6.92. The predicted octanol–water partition coefficient (Wildman–Crippen LogP) is 4.01. The van der Waals surface area contributed by atoms with Crippen molar-refractivity contribution in [3.63, 3.8) is 0 Å². The van der Waals surface area contributed by atoms with Crippen LogP contribution < -0.4 is 10.1 Å². The molecule has 0 saturated heterocycles. The Labute approximate surface area is 182 Å². The molecule has 0 aliphatic rings. The Bertz CT molecular complexity index is 829. The van der Waals surface area contributed by atoms with Gasteiger partial charge in [-0.3, -0.25) is 9.59 Å². The van der Waals surface area contributed by atoms with Gasteiger partial charge in [0.05, 0.1) is 12.9 Å². The Morgan fingerprint density at radius 2 is 1.87 bits per heavy atom. The highest BCUT2D eigenvalue weighted by Crippen LogP contribution is 2.19. The quantitative estimate of drug-likeness (QED) is 0.583. The van der Waals surface area contributed by atoms with Gasteiger partial charge in [-0.05, 0) is 42.7 Å². The first-order valence-corrected chi connectivity index (χ1v) is 11.1. The van der Waals surface area contributed by atoms with Crippen LogP contribution in [0, 0.1) is 5.82 Å². The Balaban J connectivity index is 2.06. The number of nitrogens with one attached hydrogen (secondary N) is 1. The van der Waals surface area contributed by atoms with E-state index in [9.17, 15) is 14.0 Å². The van der Waals surface area contributed by atoms with Crippen LogP contribution in [0.4, 0.5) is 4.39 Å². The summed E-state index contributed by atoms with van der Waals surface area (Å²) in [5.74, 6) is 0.663. The van der Waals surface area contributed by atoms with Crippen LogP contribution in [0.3, 0.4) is 0 Å². The average molecular weight is 433 g/mol. The van der Waals surface area contributed by atoms with Crippen molar-refractivity contribution < 1.29 is 18.7 Å². The first kappa shape index (κ1) is 23.7. The standard InChI is InChI=1S/C23H29FN2O3S/c1-4-13-25-23(28)17(2)26(14-18-9-11-20(29-3)12-10-18)22(27)16-30-15-19-7-5-6-8-21(19)24/h5-12,17H,4,13-16H2,1-3H3,(H,25,28)/t17-/m1/s1. The minimum atomic E-state index is -0.611. The van der Waals surface area contributed by atoms with Gasteiger partial charge in [0.25, 0.3) is 0 Å². The van der Waals surface area contributed by atoms with E-state index >= 15 is 0 Å². The van der Waals surface area contributed by atoms with Crippen molar-refractivity contribution in [2.24, 2.45) is 0 Å². The van der Waals surface area contributed by atoms with Gasteiger partial charge in [-0.2, -0.15) is 0 Å². The zero-order valence-corrected chi connectivity index (χ0v) is 18.5. The Hall–Kier alpha value is -2.54. The largest absolute Gasteiger partial charge is 0.497 e. The number of halogens is 1. The van der Waals surface area contributed by atoms with Crippen LogP contribution in [0.15, 0.2) is 48.5 Å². The van der Waals surface area contributed by atoms with Gasteiger partial charge in [0.1, 0.15) is 17.6 Å². The second-order valence-corrected chi connectivity index (χ2v) is 7.91. The fraction of sp³-hybridized carbons (Fsp3) is 0.391. The Kier molecular flexibility index (Phi) is 9.67. The third-order valence-corrected chi connectivity index (χ3v) is 5.64. The molecule has 0 aliphatic carbocycles. The smallest absolute Gasteiger partial charge is 0.242 e. The van der Waals surface area contributed by atoms with Crippen LogP contribution in [0.1, 0.15) is 31.4 Å². The summed E-state index contributed by atoms with van der Waals surface area (Å²) in [7, 11) is 1.60. The molecule has 30 heavy (non-hydrogen) atoms. The van der Waals surface area contributed by atoms with Crippen molar-refractivity contribution in [3.05, 3.63) is 65.5 Å². The lowest BCUT2D eigenvalue weighted by molar-refractivity contribution is -0.138. The number of ether oxygens (including phenoxy) is 1. The fourth-order valence-electron chi connectivity index (χ4n) is 2.85. The predicted molar refractivity (Wildman–Crippen MR) is 119 cm³/mol. The van der Waals surface area contributed by atoms with E-state index in [4.69, 9.17) is 4.74 Å². The van der Waals surface area contributed by atoms with E-state index in [0.29, 0.717) is 24.4 Å². The molecule has 0 radical (unpaired) electrons. The van der Waals surface area contributed by atoms with Crippen LogP contribution >= 0.6 is 11.8 Å². The van der Waals surface area contributed by atoms with Gasteiger partial charge >= 0.3 is 0 Å². The van der Waals surface area contributed by atoms with Crippen LogP contribution in [0.2, 0.25) is 0 Å². The van der Waals surface area contributed by atoms with Gasteiger partial charge < -0.3 is 15.0 Å². The highest BCUT2D eigenvalue weighted by Gasteiger charge is 2.25. The minimum absolute atomic E-state index is 0.161. The van der Waals surface area contributed by atoms with E-state index in [2.05, 4.69) is 5.32 Å². The van der Waals surface area contributed by atoms with Gasteiger partial charge in [-0.25, -0.2) is 4.39 Å². The molecule has 0 spiro atoms. The van der Waals surface area contributed by atoms with Gasteiger partial charge in [-0.1, -0.05) is 37.3 Å². The lowest BCUT2D eigenvalue weighted by atomic mass is 10.1. The summed E-state index contributed by atoms with van der Waals surface area (Å²) in [5, 5.41) is 2.85. The molecule has 0 aliphatic heterocycles. The number of nitrogens with zero attached hydrogens (tertiary/aromatic N) is 1. The van der Waals surface area contributed by atoms with Gasteiger partial charge in [0.2, 0.25) is 11.8 Å². The molecular weight excluding hydrogens is 403 g/mol. The first-order valence-electron chi connectivity index (χ1n) is 9.97. The molecule has 162 valence electrons. The normalized spacial score (nSPS) is 11.6. The lowest BCUT2D eigenvalue weighted by Crippen LogP contribution is -2.48. The average Bonchev–Trinajstić information content (AvgIpc) is 2.76. The number of hydrogen-bond acceptors (Lipinski definition) is 4. The van der Waals surface area contributed by atoms with E-state index < -0.39 is 6.04 Å². The molecule has 0 heterocycles. The molecule has 2 amide bonds. The third kappa shape index (κ3) is 7.06. The second kappa shape index (κ2) is 12.2. The number of thioether (sulfide) groups is 1. The van der Waals surface area contributed by atoms with E-state index in [0.717, 1.165) is 17.7 Å². The molecule has 0 aromatic heterocycles. The summed E-state index contributed by atoms with van der Waals surface area (Å²) in [6.07, 6.45) is 0.823. The minimum Gasteiger partial charge on any atom is -0.497 e. The van der Waals surface area contributed by atoms with Crippen molar-refractivity contribution >= 4 is 23.6 Å².